The van der Waals surface area contributed by atoms with Crippen molar-refractivity contribution in [3.63, 3.8) is 0 Å². The Hall–Kier alpha value is -2.02. The van der Waals surface area contributed by atoms with Crippen molar-refractivity contribution < 1.29 is 14.6 Å². The van der Waals surface area contributed by atoms with Gasteiger partial charge >= 0.3 is 0 Å². The molecule has 1 aromatic heterocycles. The maximum Gasteiger partial charge on any atom is 0.295 e. The molecule has 1 aliphatic heterocycles. The van der Waals surface area contributed by atoms with Crippen LogP contribution >= 0.6 is 11.3 Å². The van der Waals surface area contributed by atoms with E-state index >= 15 is 0 Å². The van der Waals surface area contributed by atoms with Crippen LogP contribution in [0.4, 0.5) is 0 Å². The predicted octanol–water partition coefficient (Wildman–Crippen LogP) is -0.510. The molecule has 0 radical (unpaired) electrons. The Bertz CT molecular complexity index is 705. The van der Waals surface area contributed by atoms with Gasteiger partial charge in [0.25, 0.3) is 5.91 Å². The lowest BCUT2D eigenvalue weighted by molar-refractivity contribution is -1.02. The van der Waals surface area contributed by atoms with Crippen molar-refractivity contribution in [2.24, 2.45) is 5.10 Å². The zero-order valence-corrected chi connectivity index (χ0v) is 15.4. The molecule has 0 saturated carbocycles. The first-order valence-corrected chi connectivity index (χ1v) is 9.60. The lowest BCUT2D eigenvalue weighted by Crippen LogP contribution is -3.28. The van der Waals surface area contributed by atoms with Gasteiger partial charge in [-0.05, 0) is 19.1 Å². The van der Waals surface area contributed by atoms with E-state index in [-0.39, 0.29) is 5.91 Å². The minimum absolute atomic E-state index is 0.00830. The Balaban J connectivity index is 1.37. The normalized spacial score (nSPS) is 20.7. The largest absolute Gasteiger partial charge is 0.322 e. The maximum atomic E-state index is 12.0. The van der Waals surface area contributed by atoms with E-state index in [2.05, 4.69) is 53.8 Å². The molecule has 0 bridgehead atoms. The van der Waals surface area contributed by atoms with E-state index in [0.29, 0.717) is 6.54 Å². The van der Waals surface area contributed by atoms with E-state index in [1.807, 2.05) is 6.07 Å². The molecule has 1 amide bonds. The molecule has 25 heavy (non-hydrogen) atoms. The number of carbonyl (C=O) groups excluding carboxylic acids is 1. The first-order valence-electron chi connectivity index (χ1n) is 8.78. The van der Waals surface area contributed by atoms with Crippen molar-refractivity contribution in [1.82, 2.24) is 5.43 Å². The van der Waals surface area contributed by atoms with Crippen LogP contribution in [-0.4, -0.2) is 44.8 Å². The first kappa shape index (κ1) is 17.8. The highest BCUT2D eigenvalue weighted by Gasteiger charge is 2.24. The molecule has 5 nitrogen and oxygen atoms in total. The highest BCUT2D eigenvalue weighted by Crippen LogP contribution is 2.12. The summed E-state index contributed by atoms with van der Waals surface area (Å²) in [6.07, 6.45) is 1.72. The van der Waals surface area contributed by atoms with Gasteiger partial charge in [-0.25, -0.2) is 5.43 Å². The summed E-state index contributed by atoms with van der Waals surface area (Å²) in [7, 11) is 0. The minimum Gasteiger partial charge on any atom is -0.322 e. The van der Waals surface area contributed by atoms with Gasteiger partial charge in [-0.15, -0.1) is 11.3 Å². The number of hydrogen-bond donors (Lipinski definition) is 3. The van der Waals surface area contributed by atoms with E-state index in [1.54, 1.807) is 22.5 Å². The molecular formula is C19H26N4OS+2. The molecule has 2 heterocycles. The summed E-state index contributed by atoms with van der Waals surface area (Å²) < 4.78 is 0. The average Bonchev–Trinajstić information content (AvgIpc) is 3.03. The lowest BCUT2D eigenvalue weighted by Gasteiger charge is -2.29. The smallest absolute Gasteiger partial charge is 0.295 e. The van der Waals surface area contributed by atoms with E-state index in [0.717, 1.165) is 37.6 Å². The SMILES string of the molecule is Cc1ccc(/C=N/NC(=O)C[NH+]2CC[NH+](Cc3ccccc3)CC2)s1. The number of carbonyl (C=O) groups is 1. The van der Waals surface area contributed by atoms with Crippen LogP contribution in [0.25, 0.3) is 0 Å². The molecule has 0 atom stereocenters. The Morgan fingerprint density at radius 3 is 2.52 bits per heavy atom. The van der Waals surface area contributed by atoms with Crippen LogP contribution in [0.5, 0.6) is 0 Å². The fraction of sp³-hybridized carbons (Fsp3) is 0.368. The number of piperazine rings is 1. The topological polar surface area (TPSA) is 50.3 Å². The van der Waals surface area contributed by atoms with Crippen molar-refractivity contribution in [2.75, 3.05) is 32.7 Å². The van der Waals surface area contributed by atoms with Crippen molar-refractivity contribution in [3.8, 4) is 0 Å². The van der Waals surface area contributed by atoms with Crippen LogP contribution in [0.2, 0.25) is 0 Å². The molecule has 3 rings (SSSR count). The molecule has 0 unspecified atom stereocenters. The quantitative estimate of drug-likeness (QED) is 0.473. The van der Waals surface area contributed by atoms with E-state index in [4.69, 9.17) is 0 Å². The second kappa shape index (κ2) is 8.89. The number of thiophene rings is 1. The number of hydrazone groups is 1. The van der Waals surface area contributed by atoms with Crippen molar-refractivity contribution in [3.05, 3.63) is 57.8 Å². The van der Waals surface area contributed by atoms with Gasteiger partial charge in [-0.3, -0.25) is 4.79 Å². The zero-order valence-electron chi connectivity index (χ0n) is 14.6. The standard InChI is InChI=1S/C19H24N4OS/c1-16-7-8-18(25-16)13-20-21-19(24)15-23-11-9-22(10-12-23)14-17-5-3-2-4-6-17/h2-8,13H,9-12,14-15H2,1H3,(H,21,24)/p+2/b20-13+. The zero-order chi connectivity index (χ0) is 17.5. The fourth-order valence-corrected chi connectivity index (χ4v) is 3.90. The van der Waals surface area contributed by atoms with Gasteiger partial charge in [0.05, 0.1) is 6.21 Å². The Morgan fingerprint density at radius 2 is 1.84 bits per heavy atom. The van der Waals surface area contributed by atoms with Crippen LogP contribution in [0.1, 0.15) is 15.3 Å². The van der Waals surface area contributed by atoms with Crippen molar-refractivity contribution in [2.45, 2.75) is 13.5 Å². The van der Waals surface area contributed by atoms with E-state index in [1.165, 1.54) is 15.3 Å². The first-order chi connectivity index (χ1) is 12.2. The molecule has 132 valence electrons. The second-order valence-electron chi connectivity index (χ2n) is 6.58. The van der Waals surface area contributed by atoms with Gasteiger partial charge in [-0.1, -0.05) is 30.3 Å². The summed E-state index contributed by atoms with van der Waals surface area (Å²) in [5.74, 6) is -0.00830. The highest BCUT2D eigenvalue weighted by atomic mass is 32.1. The third-order valence-corrected chi connectivity index (χ3v) is 5.45. The molecular weight excluding hydrogens is 332 g/mol. The van der Waals surface area contributed by atoms with Gasteiger partial charge < -0.3 is 9.80 Å². The van der Waals surface area contributed by atoms with E-state index < -0.39 is 0 Å². The third kappa shape index (κ3) is 5.77. The van der Waals surface area contributed by atoms with Gasteiger partial charge in [0, 0.05) is 15.3 Å². The van der Waals surface area contributed by atoms with Crippen LogP contribution < -0.4 is 15.2 Å². The molecule has 1 fully saturated rings. The lowest BCUT2D eigenvalue weighted by atomic mass is 10.2. The summed E-state index contributed by atoms with van der Waals surface area (Å²) in [4.78, 5) is 17.3. The number of rotatable bonds is 6. The minimum atomic E-state index is -0.00830. The molecule has 3 N–H and O–H groups in total. The number of hydrogen-bond acceptors (Lipinski definition) is 3. The Morgan fingerprint density at radius 1 is 1.12 bits per heavy atom. The van der Waals surface area contributed by atoms with Crippen molar-refractivity contribution >= 4 is 23.5 Å². The summed E-state index contributed by atoms with van der Waals surface area (Å²) in [6, 6.07) is 14.7. The number of benzene rings is 1. The molecule has 0 spiro atoms. The van der Waals surface area contributed by atoms with Gasteiger partial charge in [0.15, 0.2) is 6.54 Å². The molecule has 1 aliphatic rings. The third-order valence-electron chi connectivity index (χ3n) is 4.51. The van der Waals surface area contributed by atoms with Crippen LogP contribution in [-0.2, 0) is 11.3 Å². The van der Waals surface area contributed by atoms with Crippen LogP contribution in [0, 0.1) is 6.92 Å². The van der Waals surface area contributed by atoms with Crippen LogP contribution in [0.3, 0.4) is 0 Å². The Labute approximate surface area is 153 Å². The molecule has 0 aliphatic carbocycles. The molecule has 1 saturated heterocycles. The molecule has 2 aromatic rings. The van der Waals surface area contributed by atoms with Crippen molar-refractivity contribution in [1.29, 1.82) is 0 Å². The number of aryl methyl sites for hydroxylation is 1. The molecule has 1 aromatic carbocycles. The molecule has 6 heteroatoms. The van der Waals surface area contributed by atoms with Crippen LogP contribution in [0.15, 0.2) is 47.6 Å². The van der Waals surface area contributed by atoms with Gasteiger partial charge in [0.1, 0.15) is 32.7 Å². The highest BCUT2D eigenvalue weighted by molar-refractivity contribution is 7.13. The fourth-order valence-electron chi connectivity index (χ4n) is 3.15. The van der Waals surface area contributed by atoms with Gasteiger partial charge in [-0.2, -0.15) is 5.10 Å². The predicted molar refractivity (Wildman–Crippen MR) is 101 cm³/mol. The second-order valence-corrected chi connectivity index (χ2v) is 7.90. The summed E-state index contributed by atoms with van der Waals surface area (Å²) in [5.41, 5.74) is 4.03. The average molecular weight is 359 g/mol. The number of amides is 1. The monoisotopic (exact) mass is 358 g/mol. The number of quaternary nitrogens is 2. The summed E-state index contributed by atoms with van der Waals surface area (Å²) >= 11 is 1.67. The number of nitrogens with zero attached hydrogens (tertiary/aromatic N) is 1. The number of nitrogens with one attached hydrogen (secondary N) is 3. The van der Waals surface area contributed by atoms with Gasteiger partial charge in [0.2, 0.25) is 0 Å². The Kier molecular flexibility index (Phi) is 6.33. The summed E-state index contributed by atoms with van der Waals surface area (Å²) in [6.45, 7) is 7.91. The maximum absolute atomic E-state index is 12.0. The summed E-state index contributed by atoms with van der Waals surface area (Å²) in [5, 5.41) is 4.06. The van der Waals surface area contributed by atoms with E-state index in [9.17, 15) is 4.79 Å².